The van der Waals surface area contributed by atoms with Crippen LogP contribution in [0.3, 0.4) is 0 Å². The van der Waals surface area contributed by atoms with Crippen molar-refractivity contribution in [3.63, 3.8) is 0 Å². The van der Waals surface area contributed by atoms with Gasteiger partial charge >= 0.3 is 6.36 Å². The van der Waals surface area contributed by atoms with Gasteiger partial charge in [0.1, 0.15) is 11.5 Å². The van der Waals surface area contributed by atoms with Crippen LogP contribution < -0.4 is 15.2 Å². The van der Waals surface area contributed by atoms with Crippen LogP contribution in [0.15, 0.2) is 18.2 Å². The van der Waals surface area contributed by atoms with E-state index in [9.17, 15) is 13.2 Å². The van der Waals surface area contributed by atoms with Gasteiger partial charge in [0.15, 0.2) is 0 Å². The highest BCUT2D eigenvalue weighted by Gasteiger charge is 2.32. The summed E-state index contributed by atoms with van der Waals surface area (Å²) in [5.41, 5.74) is 7.02. The van der Waals surface area contributed by atoms with Crippen molar-refractivity contribution in [2.24, 2.45) is 11.7 Å². The van der Waals surface area contributed by atoms with Crippen LogP contribution in [-0.4, -0.2) is 13.5 Å². The minimum absolute atomic E-state index is 0. The van der Waals surface area contributed by atoms with E-state index in [2.05, 4.69) is 4.74 Å². The summed E-state index contributed by atoms with van der Waals surface area (Å²) < 4.78 is 45.8. The molecule has 1 fully saturated rings. The van der Waals surface area contributed by atoms with Gasteiger partial charge < -0.3 is 15.2 Å². The van der Waals surface area contributed by atoms with Crippen LogP contribution in [0, 0.1) is 5.92 Å². The Bertz CT molecular complexity index is 476. The van der Waals surface area contributed by atoms with E-state index in [4.69, 9.17) is 10.5 Å². The predicted octanol–water partition coefficient (Wildman–Crippen LogP) is 4.60. The molecule has 0 radical (unpaired) electrons. The number of halogens is 4. The largest absolute Gasteiger partial charge is 0.573 e. The lowest BCUT2D eigenvalue weighted by Gasteiger charge is -2.28. The highest BCUT2D eigenvalue weighted by atomic mass is 35.5. The molecule has 0 amide bonds. The van der Waals surface area contributed by atoms with Crippen LogP contribution in [0.1, 0.15) is 43.7 Å². The minimum atomic E-state index is -4.71. The summed E-state index contributed by atoms with van der Waals surface area (Å²) in [6.07, 6.45) is 0.902. The number of methoxy groups -OCH3 is 1. The van der Waals surface area contributed by atoms with Gasteiger partial charge in [-0.1, -0.05) is 25.3 Å². The second-order valence-electron chi connectivity index (χ2n) is 5.38. The van der Waals surface area contributed by atoms with Crippen molar-refractivity contribution in [1.82, 2.24) is 0 Å². The molecule has 3 nitrogen and oxygen atoms in total. The van der Waals surface area contributed by atoms with Crippen molar-refractivity contribution in [2.45, 2.75) is 44.5 Å². The van der Waals surface area contributed by atoms with E-state index >= 15 is 0 Å². The van der Waals surface area contributed by atoms with Gasteiger partial charge in [0.05, 0.1) is 7.11 Å². The van der Waals surface area contributed by atoms with Crippen molar-refractivity contribution in [1.29, 1.82) is 0 Å². The van der Waals surface area contributed by atoms with E-state index in [1.54, 1.807) is 6.07 Å². The smallest absolute Gasteiger partial charge is 0.496 e. The highest BCUT2D eigenvalue weighted by Crippen LogP contribution is 2.38. The van der Waals surface area contributed by atoms with E-state index in [1.807, 2.05) is 0 Å². The first-order valence-corrected chi connectivity index (χ1v) is 7.10. The molecule has 1 aromatic carbocycles. The molecule has 1 saturated carbocycles. The molecule has 22 heavy (non-hydrogen) atoms. The SMILES string of the molecule is COc1cc(OC(F)(F)F)ccc1[C@@H](N)C1CCCCC1.Cl. The average molecular weight is 340 g/mol. The molecule has 126 valence electrons. The molecule has 0 heterocycles. The summed E-state index contributed by atoms with van der Waals surface area (Å²) in [5.74, 6) is 0.399. The van der Waals surface area contributed by atoms with Crippen LogP contribution in [0.5, 0.6) is 11.5 Å². The van der Waals surface area contributed by atoms with Crippen molar-refractivity contribution in [2.75, 3.05) is 7.11 Å². The van der Waals surface area contributed by atoms with Crippen molar-refractivity contribution < 1.29 is 22.6 Å². The standard InChI is InChI=1S/C15H20F3NO2.ClH/c1-20-13-9-11(21-15(16,17)18)7-8-12(13)14(19)10-5-3-2-4-6-10;/h7-10,14H,2-6,19H2,1H3;1H/t14-;/m0./s1. The zero-order chi connectivity index (χ0) is 15.5. The molecule has 1 aliphatic rings. The highest BCUT2D eigenvalue weighted by molar-refractivity contribution is 5.85. The molecule has 0 spiro atoms. The molecule has 1 atom stereocenters. The molecule has 1 aliphatic carbocycles. The number of rotatable bonds is 4. The third-order valence-electron chi connectivity index (χ3n) is 3.96. The second kappa shape index (κ2) is 7.92. The number of alkyl halides is 3. The third-order valence-corrected chi connectivity index (χ3v) is 3.96. The first kappa shape index (κ1) is 18.9. The lowest BCUT2D eigenvalue weighted by atomic mass is 9.81. The average Bonchev–Trinajstić information content (AvgIpc) is 2.45. The van der Waals surface area contributed by atoms with Gasteiger partial charge in [-0.05, 0) is 24.8 Å². The van der Waals surface area contributed by atoms with Crippen molar-refractivity contribution in [3.05, 3.63) is 23.8 Å². The molecule has 0 saturated heterocycles. The van der Waals surface area contributed by atoms with Crippen LogP contribution in [0.2, 0.25) is 0 Å². The summed E-state index contributed by atoms with van der Waals surface area (Å²) in [6, 6.07) is 3.87. The Morgan fingerprint density at radius 1 is 1.18 bits per heavy atom. The summed E-state index contributed by atoms with van der Waals surface area (Å²) in [5, 5.41) is 0. The molecule has 2 N–H and O–H groups in total. The fraction of sp³-hybridized carbons (Fsp3) is 0.600. The summed E-state index contributed by atoms with van der Waals surface area (Å²) in [7, 11) is 1.42. The van der Waals surface area contributed by atoms with Gasteiger partial charge in [-0.2, -0.15) is 0 Å². The van der Waals surface area contributed by atoms with Gasteiger partial charge in [-0.3, -0.25) is 0 Å². The Morgan fingerprint density at radius 2 is 1.82 bits per heavy atom. The molecule has 7 heteroatoms. The number of hydrogen-bond acceptors (Lipinski definition) is 3. The zero-order valence-electron chi connectivity index (χ0n) is 12.4. The number of nitrogens with two attached hydrogens (primary N) is 1. The van der Waals surface area contributed by atoms with Gasteiger partial charge in [-0.15, -0.1) is 25.6 Å². The molecule has 0 aromatic heterocycles. The number of ether oxygens (including phenoxy) is 2. The van der Waals surface area contributed by atoms with Gasteiger partial charge in [-0.25, -0.2) is 0 Å². The topological polar surface area (TPSA) is 44.5 Å². The van der Waals surface area contributed by atoms with Gasteiger partial charge in [0.2, 0.25) is 0 Å². The fourth-order valence-electron chi connectivity index (χ4n) is 2.91. The van der Waals surface area contributed by atoms with Gasteiger partial charge in [0, 0.05) is 17.7 Å². The maximum Gasteiger partial charge on any atom is 0.573 e. The summed E-state index contributed by atoms with van der Waals surface area (Å²) in [6.45, 7) is 0. The molecular weight excluding hydrogens is 319 g/mol. The van der Waals surface area contributed by atoms with E-state index in [1.165, 1.54) is 25.7 Å². The Morgan fingerprint density at radius 3 is 2.36 bits per heavy atom. The molecule has 0 aliphatic heterocycles. The molecular formula is C15H21ClF3NO2. The molecule has 2 rings (SSSR count). The van der Waals surface area contributed by atoms with Gasteiger partial charge in [0.25, 0.3) is 0 Å². The third kappa shape index (κ3) is 4.95. The summed E-state index contributed by atoms with van der Waals surface area (Å²) in [4.78, 5) is 0. The first-order chi connectivity index (χ1) is 9.90. The first-order valence-electron chi connectivity index (χ1n) is 7.10. The lowest BCUT2D eigenvalue weighted by Crippen LogP contribution is -2.24. The quantitative estimate of drug-likeness (QED) is 0.872. The Hall–Kier alpha value is -1.14. The Labute approximate surface area is 134 Å². The lowest BCUT2D eigenvalue weighted by molar-refractivity contribution is -0.274. The number of hydrogen-bond donors (Lipinski definition) is 1. The fourth-order valence-corrected chi connectivity index (χ4v) is 2.91. The van der Waals surface area contributed by atoms with Crippen molar-refractivity contribution >= 4 is 12.4 Å². The Kier molecular flexibility index (Phi) is 6.81. The summed E-state index contributed by atoms with van der Waals surface area (Å²) >= 11 is 0. The molecule has 1 aromatic rings. The van der Waals surface area contributed by atoms with E-state index in [0.717, 1.165) is 31.2 Å². The van der Waals surface area contributed by atoms with Crippen LogP contribution in [0.4, 0.5) is 13.2 Å². The zero-order valence-corrected chi connectivity index (χ0v) is 13.2. The minimum Gasteiger partial charge on any atom is -0.496 e. The molecule has 0 bridgehead atoms. The van der Waals surface area contributed by atoms with Crippen LogP contribution in [0.25, 0.3) is 0 Å². The Balaban J connectivity index is 0.00000242. The predicted molar refractivity (Wildman–Crippen MR) is 80.4 cm³/mol. The normalized spacial score (nSPS) is 17.5. The van der Waals surface area contributed by atoms with E-state index < -0.39 is 6.36 Å². The second-order valence-corrected chi connectivity index (χ2v) is 5.38. The van der Waals surface area contributed by atoms with E-state index in [-0.39, 0.29) is 24.2 Å². The van der Waals surface area contributed by atoms with Crippen molar-refractivity contribution in [3.8, 4) is 11.5 Å². The van der Waals surface area contributed by atoms with Crippen LogP contribution >= 0.6 is 12.4 Å². The van der Waals surface area contributed by atoms with E-state index in [0.29, 0.717) is 11.7 Å². The molecule has 0 unspecified atom stereocenters. The van der Waals surface area contributed by atoms with Crippen LogP contribution in [-0.2, 0) is 0 Å². The monoisotopic (exact) mass is 339 g/mol. The maximum atomic E-state index is 12.2. The maximum absolute atomic E-state index is 12.2. The number of benzene rings is 1.